The summed E-state index contributed by atoms with van der Waals surface area (Å²) in [6, 6.07) is 4.48. The van der Waals surface area contributed by atoms with E-state index < -0.39 is 21.6 Å². The van der Waals surface area contributed by atoms with Gasteiger partial charge in [-0.1, -0.05) is 6.07 Å². The minimum absolute atomic E-state index is 0.0219. The van der Waals surface area contributed by atoms with E-state index >= 15 is 0 Å². The van der Waals surface area contributed by atoms with Crippen LogP contribution in [0.3, 0.4) is 0 Å². The van der Waals surface area contributed by atoms with Crippen molar-refractivity contribution in [1.29, 1.82) is 5.26 Å². The first-order valence-corrected chi connectivity index (χ1v) is 11.6. The second-order valence-corrected chi connectivity index (χ2v) is 9.54. The number of rotatable bonds is 4. The Morgan fingerprint density at radius 1 is 1.31 bits per heavy atom. The standard InChI is InChI=1S/C20H19F3N6O2S/c1-32(30,31)18-11(7-24)4-5-13-14(9-26-17(13)18)16-15(20(21,22)23)10-27-19(29-16)28-12-3-2-6-25-8-12/h4-5,9-10,12,25-26H,2-3,6,8H2,1H3,(H,27,28,29)/t12-/m0/s1. The molecule has 0 spiro atoms. The van der Waals surface area contributed by atoms with Gasteiger partial charge in [-0.3, -0.25) is 0 Å². The molecule has 0 unspecified atom stereocenters. The summed E-state index contributed by atoms with van der Waals surface area (Å²) in [5.74, 6) is 0.0491. The summed E-state index contributed by atoms with van der Waals surface area (Å²) in [6.45, 7) is 1.52. The summed E-state index contributed by atoms with van der Waals surface area (Å²) in [6.07, 6.45) is -0.0479. The topological polar surface area (TPSA) is 124 Å². The maximum Gasteiger partial charge on any atom is 0.419 e. The van der Waals surface area contributed by atoms with Crippen LogP contribution in [0.4, 0.5) is 19.1 Å². The summed E-state index contributed by atoms with van der Waals surface area (Å²) < 4.78 is 65.8. The summed E-state index contributed by atoms with van der Waals surface area (Å²) in [5, 5.41) is 15.8. The monoisotopic (exact) mass is 464 g/mol. The number of anilines is 1. The highest BCUT2D eigenvalue weighted by Crippen LogP contribution is 2.40. The second kappa shape index (κ2) is 8.07. The number of benzene rings is 1. The number of halogens is 3. The zero-order chi connectivity index (χ0) is 23.1. The van der Waals surface area contributed by atoms with Crippen molar-refractivity contribution in [3.63, 3.8) is 0 Å². The molecule has 1 fully saturated rings. The van der Waals surface area contributed by atoms with Crippen LogP contribution in [0.5, 0.6) is 0 Å². The lowest BCUT2D eigenvalue weighted by Crippen LogP contribution is -2.38. The van der Waals surface area contributed by atoms with E-state index in [1.54, 1.807) is 0 Å². The van der Waals surface area contributed by atoms with Gasteiger partial charge in [-0.2, -0.15) is 18.4 Å². The third-order valence-corrected chi connectivity index (χ3v) is 6.44. The summed E-state index contributed by atoms with van der Waals surface area (Å²) in [7, 11) is -3.83. The number of nitrogens with one attached hydrogen (secondary N) is 3. The summed E-state index contributed by atoms with van der Waals surface area (Å²) in [5.41, 5.74) is -1.40. The van der Waals surface area contributed by atoms with Crippen LogP contribution in [0.2, 0.25) is 0 Å². The van der Waals surface area contributed by atoms with Crippen molar-refractivity contribution in [2.45, 2.75) is 30.0 Å². The van der Waals surface area contributed by atoms with E-state index in [-0.39, 0.29) is 44.6 Å². The fourth-order valence-corrected chi connectivity index (χ4v) is 4.92. The number of aromatic nitrogens is 3. The zero-order valence-electron chi connectivity index (χ0n) is 16.9. The largest absolute Gasteiger partial charge is 0.419 e. The average molecular weight is 464 g/mol. The van der Waals surface area contributed by atoms with E-state index in [1.807, 2.05) is 6.07 Å². The maximum absolute atomic E-state index is 13.8. The highest BCUT2D eigenvalue weighted by atomic mass is 32.2. The molecule has 3 aromatic rings. The molecule has 0 amide bonds. The molecule has 12 heteroatoms. The van der Waals surface area contributed by atoms with Gasteiger partial charge in [-0.25, -0.2) is 18.4 Å². The Hall–Kier alpha value is -3.17. The molecule has 1 aliphatic heterocycles. The van der Waals surface area contributed by atoms with Crippen molar-refractivity contribution in [1.82, 2.24) is 20.3 Å². The number of sulfone groups is 1. The van der Waals surface area contributed by atoms with Crippen LogP contribution in [-0.2, 0) is 16.0 Å². The first-order chi connectivity index (χ1) is 15.1. The van der Waals surface area contributed by atoms with E-state index in [2.05, 4.69) is 25.6 Å². The number of H-pyrrole nitrogens is 1. The highest BCUT2D eigenvalue weighted by Gasteiger charge is 2.36. The van der Waals surface area contributed by atoms with Gasteiger partial charge in [0.1, 0.15) is 16.5 Å². The van der Waals surface area contributed by atoms with E-state index in [0.717, 1.165) is 31.8 Å². The minimum Gasteiger partial charge on any atom is -0.359 e. The molecular formula is C20H19F3N6O2S. The van der Waals surface area contributed by atoms with Crippen molar-refractivity contribution < 1.29 is 21.6 Å². The van der Waals surface area contributed by atoms with E-state index in [1.165, 1.54) is 18.3 Å². The number of nitrogens with zero attached hydrogens (tertiary/aromatic N) is 3. The normalized spacial score (nSPS) is 17.3. The predicted molar refractivity (Wildman–Crippen MR) is 112 cm³/mol. The third-order valence-electron chi connectivity index (χ3n) is 5.28. The molecule has 0 radical (unpaired) electrons. The first kappa shape index (κ1) is 22.0. The van der Waals surface area contributed by atoms with Gasteiger partial charge in [0.05, 0.1) is 16.8 Å². The van der Waals surface area contributed by atoms with Crippen LogP contribution in [0.15, 0.2) is 29.4 Å². The molecule has 3 heterocycles. The molecule has 8 nitrogen and oxygen atoms in total. The number of nitriles is 1. The van der Waals surface area contributed by atoms with Crippen molar-refractivity contribution >= 4 is 26.7 Å². The number of hydrogen-bond acceptors (Lipinski definition) is 7. The second-order valence-electron chi connectivity index (χ2n) is 7.59. The van der Waals surface area contributed by atoms with Crippen LogP contribution < -0.4 is 10.6 Å². The number of alkyl halides is 3. The van der Waals surface area contributed by atoms with Gasteiger partial charge in [0, 0.05) is 42.2 Å². The molecule has 0 bridgehead atoms. The summed E-state index contributed by atoms with van der Waals surface area (Å²) in [4.78, 5) is 10.5. The lowest BCUT2D eigenvalue weighted by molar-refractivity contribution is -0.137. The average Bonchev–Trinajstić information content (AvgIpc) is 3.16. The quantitative estimate of drug-likeness (QED) is 0.542. The Bertz CT molecular complexity index is 1320. The molecule has 32 heavy (non-hydrogen) atoms. The van der Waals surface area contributed by atoms with Gasteiger partial charge in [0.15, 0.2) is 9.84 Å². The Morgan fingerprint density at radius 2 is 2.09 bits per heavy atom. The minimum atomic E-state index is -4.73. The number of piperidine rings is 1. The highest BCUT2D eigenvalue weighted by molar-refractivity contribution is 7.91. The van der Waals surface area contributed by atoms with Crippen LogP contribution in [0, 0.1) is 11.3 Å². The molecule has 168 valence electrons. The zero-order valence-corrected chi connectivity index (χ0v) is 17.7. The molecular weight excluding hydrogens is 445 g/mol. The van der Waals surface area contributed by atoms with Crippen LogP contribution in [0.25, 0.3) is 22.2 Å². The fraction of sp³-hybridized carbons (Fsp3) is 0.350. The van der Waals surface area contributed by atoms with Crippen LogP contribution in [0.1, 0.15) is 24.0 Å². The van der Waals surface area contributed by atoms with Crippen molar-refractivity contribution in [2.24, 2.45) is 0 Å². The van der Waals surface area contributed by atoms with E-state index in [4.69, 9.17) is 0 Å². The number of fused-ring (bicyclic) bond motifs is 1. The molecule has 1 saturated heterocycles. The van der Waals surface area contributed by atoms with E-state index in [9.17, 15) is 26.9 Å². The maximum atomic E-state index is 13.8. The number of hydrogen-bond donors (Lipinski definition) is 3. The van der Waals surface area contributed by atoms with E-state index in [0.29, 0.717) is 6.54 Å². The molecule has 1 aromatic carbocycles. The molecule has 0 saturated carbocycles. The van der Waals surface area contributed by atoms with Gasteiger partial charge < -0.3 is 15.6 Å². The lowest BCUT2D eigenvalue weighted by atomic mass is 10.0. The smallest absolute Gasteiger partial charge is 0.359 e. The van der Waals surface area contributed by atoms with Gasteiger partial charge in [0.2, 0.25) is 5.95 Å². The van der Waals surface area contributed by atoms with Gasteiger partial charge in [-0.05, 0) is 25.5 Å². The van der Waals surface area contributed by atoms with Crippen molar-refractivity contribution in [3.8, 4) is 17.3 Å². The molecule has 0 aliphatic carbocycles. The Morgan fingerprint density at radius 3 is 2.72 bits per heavy atom. The Labute approximate surface area is 181 Å². The van der Waals surface area contributed by atoms with Gasteiger partial charge in [0.25, 0.3) is 0 Å². The first-order valence-electron chi connectivity index (χ1n) is 9.75. The fourth-order valence-electron chi connectivity index (χ4n) is 3.86. The summed E-state index contributed by atoms with van der Waals surface area (Å²) >= 11 is 0. The van der Waals surface area contributed by atoms with Crippen molar-refractivity contribution in [2.75, 3.05) is 24.7 Å². The van der Waals surface area contributed by atoms with Gasteiger partial charge in [-0.15, -0.1) is 0 Å². The number of aromatic amines is 1. The third kappa shape index (κ3) is 4.13. The van der Waals surface area contributed by atoms with Crippen LogP contribution in [-0.4, -0.2) is 48.8 Å². The Balaban J connectivity index is 1.90. The molecule has 4 rings (SSSR count). The Kier molecular flexibility index (Phi) is 5.56. The molecule has 1 atom stereocenters. The SMILES string of the molecule is CS(=O)(=O)c1c(C#N)ccc2c(-c3nc(N[C@H]4CCCNC4)ncc3C(F)(F)F)c[nH]c12. The molecule has 3 N–H and O–H groups in total. The molecule has 2 aromatic heterocycles. The van der Waals surface area contributed by atoms with Gasteiger partial charge >= 0.3 is 6.18 Å². The van der Waals surface area contributed by atoms with Crippen molar-refractivity contribution in [3.05, 3.63) is 35.7 Å². The lowest BCUT2D eigenvalue weighted by Gasteiger charge is -2.24. The predicted octanol–water partition coefficient (Wildman–Crippen LogP) is 3.08. The van der Waals surface area contributed by atoms with Crippen LogP contribution >= 0.6 is 0 Å². The molecule has 1 aliphatic rings.